The van der Waals surface area contributed by atoms with Crippen molar-refractivity contribution in [1.29, 1.82) is 0 Å². The molecule has 1 heterocycles. The molecule has 0 spiro atoms. The molecule has 2 rings (SSSR count). The van der Waals surface area contributed by atoms with Crippen LogP contribution in [0.15, 0.2) is 12.3 Å². The first-order chi connectivity index (χ1) is 8.61. The van der Waals surface area contributed by atoms with Gasteiger partial charge in [-0.25, -0.2) is 4.98 Å². The number of halogens is 1. The zero-order valence-electron chi connectivity index (χ0n) is 9.93. The Bertz CT molecular complexity index is 455. The summed E-state index contributed by atoms with van der Waals surface area (Å²) in [6.07, 6.45) is 4.38. The van der Waals surface area contributed by atoms with Crippen LogP contribution in [-0.2, 0) is 4.74 Å². The maximum absolute atomic E-state index is 10.9. The van der Waals surface area contributed by atoms with Gasteiger partial charge in [0.05, 0.1) is 22.1 Å². The smallest absolute Gasteiger partial charge is 0.312 e. The largest absolute Gasteiger partial charge is 0.379 e. The van der Waals surface area contributed by atoms with E-state index in [1.807, 2.05) is 0 Å². The molecule has 1 aromatic heterocycles. The number of anilines is 1. The SMILES string of the molecule is COC1CCCC1Nc1ncc(Cl)cc1[N+](=O)[O-]. The molecular formula is C11H14ClN3O3. The number of ether oxygens (including phenoxy) is 1. The van der Waals surface area contributed by atoms with Gasteiger partial charge in [-0.15, -0.1) is 0 Å². The Hall–Kier alpha value is -1.40. The van der Waals surface area contributed by atoms with Crippen LogP contribution in [0.4, 0.5) is 11.5 Å². The Morgan fingerprint density at radius 3 is 3.06 bits per heavy atom. The predicted octanol–water partition coefficient (Wildman–Crippen LogP) is 2.62. The van der Waals surface area contributed by atoms with Crippen LogP contribution in [0.3, 0.4) is 0 Å². The first-order valence-electron chi connectivity index (χ1n) is 5.71. The number of hydrogen-bond donors (Lipinski definition) is 1. The zero-order chi connectivity index (χ0) is 13.1. The minimum Gasteiger partial charge on any atom is -0.379 e. The fraction of sp³-hybridized carbons (Fsp3) is 0.545. The number of methoxy groups -OCH3 is 1. The van der Waals surface area contributed by atoms with Crippen LogP contribution in [-0.4, -0.2) is 29.2 Å². The fourth-order valence-corrected chi connectivity index (χ4v) is 2.38. The molecule has 1 aromatic rings. The highest BCUT2D eigenvalue weighted by atomic mass is 35.5. The molecule has 0 aromatic carbocycles. The van der Waals surface area contributed by atoms with E-state index >= 15 is 0 Å². The monoisotopic (exact) mass is 271 g/mol. The van der Waals surface area contributed by atoms with Gasteiger partial charge in [0, 0.05) is 19.4 Å². The summed E-state index contributed by atoms with van der Waals surface area (Å²) in [5, 5.41) is 14.3. The second kappa shape index (κ2) is 5.49. The number of pyridine rings is 1. The molecule has 1 saturated carbocycles. The Morgan fingerprint density at radius 1 is 1.61 bits per heavy atom. The molecule has 0 aliphatic heterocycles. The van der Waals surface area contributed by atoms with Crippen molar-refractivity contribution in [2.24, 2.45) is 0 Å². The van der Waals surface area contributed by atoms with Gasteiger partial charge in [-0.2, -0.15) is 0 Å². The highest BCUT2D eigenvalue weighted by molar-refractivity contribution is 6.30. The van der Waals surface area contributed by atoms with Crippen molar-refractivity contribution in [2.45, 2.75) is 31.4 Å². The lowest BCUT2D eigenvalue weighted by molar-refractivity contribution is -0.384. The third-order valence-electron chi connectivity index (χ3n) is 3.11. The highest BCUT2D eigenvalue weighted by Gasteiger charge is 2.29. The number of nitro groups is 1. The van der Waals surface area contributed by atoms with E-state index in [9.17, 15) is 10.1 Å². The second-order valence-corrected chi connectivity index (χ2v) is 4.67. The first-order valence-corrected chi connectivity index (χ1v) is 6.09. The Labute approximate surface area is 109 Å². The molecule has 98 valence electrons. The van der Waals surface area contributed by atoms with Crippen LogP contribution < -0.4 is 5.32 Å². The van der Waals surface area contributed by atoms with E-state index in [0.29, 0.717) is 0 Å². The van der Waals surface area contributed by atoms with E-state index in [4.69, 9.17) is 16.3 Å². The Morgan fingerprint density at radius 2 is 2.39 bits per heavy atom. The van der Waals surface area contributed by atoms with Crippen molar-refractivity contribution in [1.82, 2.24) is 4.98 Å². The average Bonchev–Trinajstić information content (AvgIpc) is 2.78. The molecular weight excluding hydrogens is 258 g/mol. The number of rotatable bonds is 4. The third-order valence-corrected chi connectivity index (χ3v) is 3.32. The van der Waals surface area contributed by atoms with Crippen LogP contribution in [0.1, 0.15) is 19.3 Å². The number of aromatic nitrogens is 1. The van der Waals surface area contributed by atoms with Gasteiger partial charge < -0.3 is 10.1 Å². The van der Waals surface area contributed by atoms with Crippen molar-refractivity contribution >= 4 is 23.1 Å². The van der Waals surface area contributed by atoms with Gasteiger partial charge in [-0.05, 0) is 19.3 Å². The minimum absolute atomic E-state index is 0.0578. The van der Waals surface area contributed by atoms with Gasteiger partial charge >= 0.3 is 5.69 Å². The molecule has 2 unspecified atom stereocenters. The van der Waals surface area contributed by atoms with Crippen LogP contribution in [0.2, 0.25) is 5.02 Å². The van der Waals surface area contributed by atoms with Crippen molar-refractivity contribution in [3.05, 3.63) is 27.4 Å². The molecule has 18 heavy (non-hydrogen) atoms. The summed E-state index contributed by atoms with van der Waals surface area (Å²) in [5.74, 6) is 0.248. The second-order valence-electron chi connectivity index (χ2n) is 4.23. The highest BCUT2D eigenvalue weighted by Crippen LogP contribution is 2.30. The van der Waals surface area contributed by atoms with Crippen molar-refractivity contribution < 1.29 is 9.66 Å². The van der Waals surface area contributed by atoms with E-state index in [-0.39, 0.29) is 28.7 Å². The normalized spacial score (nSPS) is 23.0. The minimum atomic E-state index is -0.488. The van der Waals surface area contributed by atoms with Crippen LogP contribution in [0.25, 0.3) is 0 Å². The standard InChI is InChI=1S/C11H14ClN3O3/c1-18-10-4-2-3-8(10)14-11-9(15(16)17)5-7(12)6-13-11/h5-6,8,10H,2-4H2,1H3,(H,13,14). The van der Waals surface area contributed by atoms with Crippen LogP contribution >= 0.6 is 11.6 Å². The first kappa shape index (κ1) is 13.0. The lowest BCUT2D eigenvalue weighted by Crippen LogP contribution is -2.30. The summed E-state index contributed by atoms with van der Waals surface area (Å²) in [5.41, 5.74) is -0.107. The molecule has 1 aliphatic carbocycles. The third kappa shape index (κ3) is 2.70. The van der Waals surface area contributed by atoms with Crippen LogP contribution in [0.5, 0.6) is 0 Å². The van der Waals surface area contributed by atoms with Gasteiger partial charge in [-0.1, -0.05) is 11.6 Å². The van der Waals surface area contributed by atoms with E-state index in [1.165, 1.54) is 12.3 Å². The average molecular weight is 272 g/mol. The number of hydrogen-bond acceptors (Lipinski definition) is 5. The molecule has 0 amide bonds. The molecule has 1 N–H and O–H groups in total. The zero-order valence-corrected chi connectivity index (χ0v) is 10.7. The van der Waals surface area contributed by atoms with Gasteiger partial charge in [0.1, 0.15) is 0 Å². The predicted molar refractivity (Wildman–Crippen MR) is 68.0 cm³/mol. The topological polar surface area (TPSA) is 77.3 Å². The van der Waals surface area contributed by atoms with E-state index < -0.39 is 4.92 Å². The summed E-state index contributed by atoms with van der Waals surface area (Å²) in [6, 6.07) is 1.36. The number of nitrogens with one attached hydrogen (secondary N) is 1. The molecule has 1 fully saturated rings. The molecule has 0 radical (unpaired) electrons. The maximum atomic E-state index is 10.9. The Kier molecular flexibility index (Phi) is 3.98. The maximum Gasteiger partial charge on any atom is 0.312 e. The Balaban J connectivity index is 2.20. The van der Waals surface area contributed by atoms with Crippen LogP contribution in [0, 0.1) is 10.1 Å². The molecule has 1 aliphatic rings. The van der Waals surface area contributed by atoms with Gasteiger partial charge in [0.15, 0.2) is 0 Å². The number of nitrogens with zero attached hydrogens (tertiary/aromatic N) is 2. The molecule has 0 bridgehead atoms. The quantitative estimate of drug-likeness (QED) is 0.673. The van der Waals surface area contributed by atoms with Gasteiger partial charge in [-0.3, -0.25) is 10.1 Å². The van der Waals surface area contributed by atoms with Gasteiger partial charge in [0.2, 0.25) is 5.82 Å². The molecule has 6 nitrogen and oxygen atoms in total. The van der Waals surface area contributed by atoms with Gasteiger partial charge in [0.25, 0.3) is 0 Å². The molecule has 0 saturated heterocycles. The lowest BCUT2D eigenvalue weighted by Gasteiger charge is -2.19. The van der Waals surface area contributed by atoms with Crippen molar-refractivity contribution in [3.63, 3.8) is 0 Å². The van der Waals surface area contributed by atoms with Crippen molar-refractivity contribution in [3.8, 4) is 0 Å². The van der Waals surface area contributed by atoms with E-state index in [1.54, 1.807) is 7.11 Å². The fourth-order valence-electron chi connectivity index (χ4n) is 2.23. The summed E-state index contributed by atoms with van der Waals surface area (Å²) < 4.78 is 5.33. The summed E-state index contributed by atoms with van der Waals surface area (Å²) in [7, 11) is 1.65. The molecule has 7 heteroatoms. The summed E-state index contributed by atoms with van der Waals surface area (Å²) in [6.45, 7) is 0. The molecule has 2 atom stereocenters. The van der Waals surface area contributed by atoms with E-state index in [0.717, 1.165) is 19.3 Å². The summed E-state index contributed by atoms with van der Waals surface area (Å²) in [4.78, 5) is 14.4. The lowest BCUT2D eigenvalue weighted by atomic mass is 10.2. The summed E-state index contributed by atoms with van der Waals surface area (Å²) >= 11 is 5.71. The van der Waals surface area contributed by atoms with E-state index in [2.05, 4.69) is 10.3 Å². The van der Waals surface area contributed by atoms with Crippen molar-refractivity contribution in [2.75, 3.05) is 12.4 Å².